The number of rotatable bonds is 4. The number of aromatic nitrogens is 1. The fourth-order valence-corrected chi connectivity index (χ4v) is 2.50. The maximum Gasteiger partial charge on any atom is 0.412 e. The molecule has 6 heteroatoms. The summed E-state index contributed by atoms with van der Waals surface area (Å²) in [5.41, 5.74) is 4.04. The summed E-state index contributed by atoms with van der Waals surface area (Å²) in [7, 11) is 2.01. The number of nitrogens with zero attached hydrogens (tertiary/aromatic N) is 1. The van der Waals surface area contributed by atoms with Crippen LogP contribution in [0.1, 0.15) is 24.3 Å². The van der Waals surface area contributed by atoms with E-state index in [0.29, 0.717) is 17.1 Å². The molecule has 0 aliphatic heterocycles. The van der Waals surface area contributed by atoms with Crippen LogP contribution < -0.4 is 10.8 Å². The molecule has 25 heavy (non-hydrogen) atoms. The third kappa shape index (κ3) is 3.91. The summed E-state index contributed by atoms with van der Waals surface area (Å²) in [6.45, 7) is 3.60. The van der Waals surface area contributed by atoms with Crippen molar-refractivity contribution in [1.82, 2.24) is 5.16 Å². The summed E-state index contributed by atoms with van der Waals surface area (Å²) >= 11 is 0. The second-order valence-corrected chi connectivity index (χ2v) is 5.92. The first-order valence-electron chi connectivity index (χ1n) is 8.10. The molecule has 2 aromatic carbocycles. The fraction of sp³-hybridized carbons (Fsp3) is 0.158. The van der Waals surface area contributed by atoms with Gasteiger partial charge < -0.3 is 9.26 Å². The Morgan fingerprint density at radius 1 is 1.16 bits per heavy atom. The summed E-state index contributed by atoms with van der Waals surface area (Å²) < 4.78 is 10.8. The van der Waals surface area contributed by atoms with Gasteiger partial charge in [0, 0.05) is 5.56 Å². The Labute approximate surface area is 147 Å². The fourth-order valence-electron chi connectivity index (χ4n) is 2.50. The number of carbonyl (C=O) groups is 1. The Balaban J connectivity index is 1.75. The predicted molar refractivity (Wildman–Crippen MR) is 99.8 cm³/mol. The van der Waals surface area contributed by atoms with Crippen molar-refractivity contribution in [3.8, 4) is 11.3 Å². The topological polar surface area (TPSA) is 64.4 Å². The van der Waals surface area contributed by atoms with Crippen molar-refractivity contribution in [2.45, 2.75) is 20.0 Å². The average Bonchev–Trinajstić information content (AvgIpc) is 2.97. The minimum atomic E-state index is -0.545. The Kier molecular flexibility index (Phi) is 4.88. The van der Waals surface area contributed by atoms with E-state index in [1.807, 2.05) is 69.4 Å². The monoisotopic (exact) mass is 334 g/mol. The first-order chi connectivity index (χ1) is 12.0. The molecule has 0 saturated carbocycles. The van der Waals surface area contributed by atoms with Crippen molar-refractivity contribution in [2.24, 2.45) is 0 Å². The van der Waals surface area contributed by atoms with Gasteiger partial charge in [0.25, 0.3) is 0 Å². The number of benzene rings is 2. The second-order valence-electron chi connectivity index (χ2n) is 5.92. The van der Waals surface area contributed by atoms with Crippen molar-refractivity contribution in [3.63, 3.8) is 0 Å². The van der Waals surface area contributed by atoms with Crippen LogP contribution in [0.25, 0.3) is 11.3 Å². The summed E-state index contributed by atoms with van der Waals surface area (Å²) in [4.78, 5) is 12.3. The molecule has 0 spiro atoms. The predicted octanol–water partition coefficient (Wildman–Crippen LogP) is 3.22. The highest BCUT2D eigenvalue weighted by Gasteiger charge is 2.19. The third-order valence-electron chi connectivity index (χ3n) is 3.96. The van der Waals surface area contributed by atoms with Gasteiger partial charge in [-0.05, 0) is 19.4 Å². The molecule has 5 nitrogen and oxygen atoms in total. The number of ether oxygens (including phenoxy) is 1. The van der Waals surface area contributed by atoms with E-state index in [1.54, 1.807) is 6.92 Å². The van der Waals surface area contributed by atoms with Crippen LogP contribution in [0.5, 0.6) is 0 Å². The zero-order valence-corrected chi connectivity index (χ0v) is 14.4. The van der Waals surface area contributed by atoms with Gasteiger partial charge in [0.15, 0.2) is 5.76 Å². The largest absolute Gasteiger partial charge is 0.441 e. The minimum Gasteiger partial charge on any atom is -0.441 e. The van der Waals surface area contributed by atoms with Crippen molar-refractivity contribution in [2.75, 3.05) is 5.32 Å². The zero-order chi connectivity index (χ0) is 17.8. The zero-order valence-electron chi connectivity index (χ0n) is 14.4. The molecule has 0 unspecified atom stereocenters. The van der Waals surface area contributed by atoms with Gasteiger partial charge in [0.2, 0.25) is 0 Å². The summed E-state index contributed by atoms with van der Waals surface area (Å²) in [5.74, 6) is 0.516. The van der Waals surface area contributed by atoms with E-state index in [1.165, 1.54) is 0 Å². The van der Waals surface area contributed by atoms with Gasteiger partial charge in [0.1, 0.15) is 25.3 Å². The van der Waals surface area contributed by atoms with Crippen LogP contribution in [0.15, 0.2) is 59.1 Å². The maximum absolute atomic E-state index is 12.3. The van der Waals surface area contributed by atoms with Gasteiger partial charge in [-0.25, -0.2) is 4.79 Å². The van der Waals surface area contributed by atoms with Gasteiger partial charge in [-0.3, -0.25) is 5.32 Å². The van der Waals surface area contributed by atoms with E-state index in [0.717, 1.165) is 16.6 Å². The summed E-state index contributed by atoms with van der Waals surface area (Å²) in [6.07, 6.45) is -0.903. The first kappa shape index (κ1) is 16.8. The van der Waals surface area contributed by atoms with Crippen LogP contribution in [-0.2, 0) is 4.74 Å². The second kappa shape index (κ2) is 7.26. The van der Waals surface area contributed by atoms with Gasteiger partial charge in [-0.1, -0.05) is 65.2 Å². The smallest absolute Gasteiger partial charge is 0.412 e. The van der Waals surface area contributed by atoms with Gasteiger partial charge in [-0.15, -0.1) is 0 Å². The highest BCUT2D eigenvalue weighted by Crippen LogP contribution is 2.31. The highest BCUT2D eigenvalue weighted by atomic mass is 16.6. The van der Waals surface area contributed by atoms with Crippen LogP contribution in [0.2, 0.25) is 0 Å². The molecule has 0 fully saturated rings. The number of anilines is 1. The SMILES string of the molecule is Bc1ccc(-c2onc(C)c2NC(=O)O[C@H](C)c2ccccc2)cc1. The molecule has 1 amide bonds. The van der Waals surface area contributed by atoms with E-state index in [-0.39, 0.29) is 6.10 Å². The number of hydrogen-bond acceptors (Lipinski definition) is 4. The van der Waals surface area contributed by atoms with Crippen LogP contribution >= 0.6 is 0 Å². The number of hydrogen-bond donors (Lipinski definition) is 1. The van der Waals surface area contributed by atoms with Crippen molar-refractivity contribution in [3.05, 3.63) is 65.9 Å². The number of carbonyl (C=O) groups excluding carboxylic acids is 1. The van der Waals surface area contributed by atoms with Crippen LogP contribution in [0, 0.1) is 6.92 Å². The highest BCUT2D eigenvalue weighted by molar-refractivity contribution is 6.32. The molecule has 3 rings (SSSR count). The molecule has 1 aromatic heterocycles. The molecule has 1 heterocycles. The lowest BCUT2D eigenvalue weighted by Crippen LogP contribution is -2.16. The summed E-state index contributed by atoms with van der Waals surface area (Å²) in [5, 5.41) is 6.72. The van der Waals surface area contributed by atoms with Crippen molar-refractivity contribution >= 4 is 25.1 Å². The molecule has 126 valence electrons. The van der Waals surface area contributed by atoms with Crippen LogP contribution in [0.3, 0.4) is 0 Å². The molecule has 3 aromatic rings. The molecule has 1 atom stereocenters. The van der Waals surface area contributed by atoms with E-state index in [2.05, 4.69) is 10.5 Å². The molecule has 0 bridgehead atoms. The Bertz CT molecular complexity index is 860. The quantitative estimate of drug-likeness (QED) is 0.744. The Morgan fingerprint density at radius 3 is 2.52 bits per heavy atom. The van der Waals surface area contributed by atoms with E-state index in [4.69, 9.17) is 9.26 Å². The first-order valence-corrected chi connectivity index (χ1v) is 8.10. The van der Waals surface area contributed by atoms with E-state index >= 15 is 0 Å². The Morgan fingerprint density at radius 2 is 1.84 bits per heavy atom. The van der Waals surface area contributed by atoms with Gasteiger partial charge in [-0.2, -0.15) is 0 Å². The van der Waals surface area contributed by atoms with Crippen LogP contribution in [-0.4, -0.2) is 19.1 Å². The number of nitrogens with one attached hydrogen (secondary N) is 1. The minimum absolute atomic E-state index is 0.357. The molecule has 0 radical (unpaired) electrons. The van der Waals surface area contributed by atoms with E-state index in [9.17, 15) is 4.79 Å². The lowest BCUT2D eigenvalue weighted by Gasteiger charge is -2.14. The van der Waals surface area contributed by atoms with Crippen LogP contribution in [0.4, 0.5) is 10.5 Å². The lowest BCUT2D eigenvalue weighted by atomic mass is 9.95. The van der Waals surface area contributed by atoms with Crippen molar-refractivity contribution < 1.29 is 14.1 Å². The normalized spacial score (nSPS) is 11.8. The molecule has 0 aliphatic carbocycles. The maximum atomic E-state index is 12.3. The number of amides is 1. The average molecular weight is 334 g/mol. The Hall–Kier alpha value is -3.02. The third-order valence-corrected chi connectivity index (χ3v) is 3.96. The molecule has 1 N–H and O–H groups in total. The summed E-state index contributed by atoms with van der Waals surface area (Å²) in [6, 6.07) is 17.4. The molecular formula is C19H19BN2O3. The van der Waals surface area contributed by atoms with Gasteiger partial charge >= 0.3 is 6.09 Å². The number of aryl methyl sites for hydroxylation is 1. The lowest BCUT2D eigenvalue weighted by molar-refractivity contribution is 0.121. The van der Waals surface area contributed by atoms with Crippen molar-refractivity contribution in [1.29, 1.82) is 0 Å². The van der Waals surface area contributed by atoms with Gasteiger partial charge in [0.05, 0.1) is 0 Å². The van der Waals surface area contributed by atoms with E-state index < -0.39 is 6.09 Å². The molecule has 0 aliphatic rings. The molecule has 0 saturated heterocycles. The molecular weight excluding hydrogens is 315 g/mol. The standard InChI is InChI=1S/C19H19BN2O3/c1-12-17(18(25-22-12)15-8-10-16(20)11-9-15)21-19(23)24-13(2)14-6-4-3-5-7-14/h3-11,13H,20H2,1-2H3,(H,21,23)/t13-/m1/s1.